The van der Waals surface area contributed by atoms with Crippen LogP contribution in [0.1, 0.15) is 12.2 Å². The van der Waals surface area contributed by atoms with E-state index >= 15 is 0 Å². The average Bonchev–Trinajstić information content (AvgIpc) is 2.34. The van der Waals surface area contributed by atoms with Gasteiger partial charge in [0.15, 0.2) is 5.69 Å². The number of halogens is 2. The maximum atomic E-state index is 11.7. The van der Waals surface area contributed by atoms with Gasteiger partial charge in [-0.05, 0) is 6.07 Å². The predicted octanol–water partition coefficient (Wildman–Crippen LogP) is 1.15. The maximum absolute atomic E-state index is 11.7. The second-order valence-electron chi connectivity index (χ2n) is 1.57. The second kappa shape index (κ2) is 2.43. The molecule has 0 bridgehead atoms. The van der Waals surface area contributed by atoms with E-state index in [1.807, 2.05) is 0 Å². The van der Waals surface area contributed by atoms with Crippen LogP contribution < -0.4 is 0 Å². The zero-order valence-corrected chi connectivity index (χ0v) is 4.83. The van der Waals surface area contributed by atoms with Gasteiger partial charge in [-0.15, -0.1) is 0 Å². The van der Waals surface area contributed by atoms with Gasteiger partial charge < -0.3 is 0 Å². The normalized spacial score (nSPS) is 9.80. The molecule has 0 aromatic carbocycles. The van der Waals surface area contributed by atoms with E-state index in [2.05, 4.69) is 5.10 Å². The Morgan fingerprint density at radius 3 is 2.70 bits per heavy atom. The molecule has 5 heteroatoms. The molecule has 0 spiro atoms. The summed E-state index contributed by atoms with van der Waals surface area (Å²) in [7, 11) is 0. The molecule has 1 heterocycles. The van der Waals surface area contributed by atoms with E-state index in [1.54, 1.807) is 6.07 Å². The molecule has 0 aliphatic heterocycles. The van der Waals surface area contributed by atoms with Crippen LogP contribution in [-0.2, 0) is 0 Å². The van der Waals surface area contributed by atoms with Crippen molar-refractivity contribution in [3.8, 4) is 6.07 Å². The van der Waals surface area contributed by atoms with E-state index in [1.165, 1.54) is 6.07 Å². The van der Waals surface area contributed by atoms with Gasteiger partial charge in [-0.1, -0.05) is 0 Å². The van der Waals surface area contributed by atoms with Gasteiger partial charge in [0.2, 0.25) is 0 Å². The highest BCUT2D eigenvalue weighted by Gasteiger charge is 2.05. The fourth-order valence-electron chi connectivity index (χ4n) is 0.506. The van der Waals surface area contributed by atoms with Crippen molar-refractivity contribution in [1.82, 2.24) is 9.78 Å². The monoisotopic (exact) mass is 143 g/mol. The third kappa shape index (κ3) is 1.10. The Bertz CT molecular complexity index is 260. The van der Waals surface area contributed by atoms with E-state index in [-0.39, 0.29) is 5.69 Å². The first-order valence-electron chi connectivity index (χ1n) is 2.47. The quantitative estimate of drug-likeness (QED) is 0.591. The van der Waals surface area contributed by atoms with Crippen LogP contribution in [0.4, 0.5) is 8.78 Å². The van der Waals surface area contributed by atoms with Gasteiger partial charge in [-0.3, -0.25) is 0 Å². The van der Waals surface area contributed by atoms with Crippen LogP contribution in [0.2, 0.25) is 0 Å². The first kappa shape index (κ1) is 6.68. The number of nitriles is 1. The van der Waals surface area contributed by atoms with Gasteiger partial charge in [0.1, 0.15) is 6.07 Å². The Hall–Kier alpha value is -1.44. The smallest absolute Gasteiger partial charge is 0.210 e. The molecular weight excluding hydrogens is 140 g/mol. The topological polar surface area (TPSA) is 41.6 Å². The number of alkyl halides is 2. The van der Waals surface area contributed by atoms with Crippen molar-refractivity contribution in [3.05, 3.63) is 18.0 Å². The number of rotatable bonds is 1. The zero-order chi connectivity index (χ0) is 7.56. The van der Waals surface area contributed by atoms with Crippen LogP contribution in [0.3, 0.4) is 0 Å². The van der Waals surface area contributed by atoms with Gasteiger partial charge in [-0.25, -0.2) is 4.68 Å². The first-order valence-corrected chi connectivity index (χ1v) is 2.47. The minimum Gasteiger partial charge on any atom is -0.210 e. The molecule has 0 N–H and O–H groups in total. The van der Waals surface area contributed by atoms with Crippen molar-refractivity contribution in [2.45, 2.75) is 6.55 Å². The third-order valence-corrected chi connectivity index (χ3v) is 0.923. The molecule has 0 saturated carbocycles. The molecule has 1 rings (SSSR count). The molecule has 1 aromatic heterocycles. The van der Waals surface area contributed by atoms with Crippen molar-refractivity contribution in [2.75, 3.05) is 0 Å². The highest BCUT2D eigenvalue weighted by Crippen LogP contribution is 2.07. The van der Waals surface area contributed by atoms with Gasteiger partial charge in [0.25, 0.3) is 0 Å². The van der Waals surface area contributed by atoms with Gasteiger partial charge >= 0.3 is 6.55 Å². The molecule has 10 heavy (non-hydrogen) atoms. The summed E-state index contributed by atoms with van der Waals surface area (Å²) in [5.74, 6) is 0. The molecule has 3 nitrogen and oxygen atoms in total. The van der Waals surface area contributed by atoms with E-state index in [4.69, 9.17) is 5.26 Å². The van der Waals surface area contributed by atoms with Crippen LogP contribution in [0.5, 0.6) is 0 Å². The van der Waals surface area contributed by atoms with Gasteiger partial charge in [0, 0.05) is 6.20 Å². The minimum absolute atomic E-state index is 0.000278. The van der Waals surface area contributed by atoms with Crippen molar-refractivity contribution in [1.29, 1.82) is 5.26 Å². The average molecular weight is 143 g/mol. The minimum atomic E-state index is -2.66. The maximum Gasteiger partial charge on any atom is 0.333 e. The Morgan fingerprint density at radius 1 is 1.70 bits per heavy atom. The van der Waals surface area contributed by atoms with Crippen LogP contribution in [-0.4, -0.2) is 9.78 Å². The molecule has 0 aliphatic carbocycles. The van der Waals surface area contributed by atoms with Crippen molar-refractivity contribution >= 4 is 0 Å². The van der Waals surface area contributed by atoms with Crippen LogP contribution in [0.25, 0.3) is 0 Å². The van der Waals surface area contributed by atoms with Gasteiger partial charge in [0.05, 0.1) is 0 Å². The van der Waals surface area contributed by atoms with Crippen molar-refractivity contribution in [2.24, 2.45) is 0 Å². The Kier molecular flexibility index (Phi) is 1.63. The summed E-state index contributed by atoms with van der Waals surface area (Å²) in [6.07, 6.45) is 1.06. The fraction of sp³-hybridized carbons (Fsp3) is 0.200. The molecule has 1 aromatic rings. The lowest BCUT2D eigenvalue weighted by Gasteiger charge is -1.93. The predicted molar refractivity (Wildman–Crippen MR) is 28.2 cm³/mol. The molecule has 0 unspecified atom stereocenters. The van der Waals surface area contributed by atoms with Crippen LogP contribution in [0.15, 0.2) is 12.3 Å². The van der Waals surface area contributed by atoms with Crippen LogP contribution >= 0.6 is 0 Å². The van der Waals surface area contributed by atoms with E-state index in [0.29, 0.717) is 4.68 Å². The number of nitrogens with zero attached hydrogens (tertiary/aromatic N) is 3. The lowest BCUT2D eigenvalue weighted by Crippen LogP contribution is -1.97. The largest absolute Gasteiger partial charge is 0.333 e. The van der Waals surface area contributed by atoms with E-state index in [0.717, 1.165) is 6.20 Å². The lowest BCUT2D eigenvalue weighted by molar-refractivity contribution is 0.0565. The standard InChI is InChI=1S/C5H3F2N3/c6-5(7)10-2-1-4(3-8)9-10/h1-2,5H. The van der Waals surface area contributed by atoms with Crippen molar-refractivity contribution < 1.29 is 8.78 Å². The summed E-state index contributed by atoms with van der Waals surface area (Å²) >= 11 is 0. The Labute approximate surface area is 55.5 Å². The molecular formula is C5H3F2N3. The molecule has 0 amide bonds. The summed E-state index contributed by atoms with van der Waals surface area (Å²) in [6, 6.07) is 2.87. The highest BCUT2D eigenvalue weighted by atomic mass is 19.3. The van der Waals surface area contributed by atoms with E-state index < -0.39 is 6.55 Å². The zero-order valence-electron chi connectivity index (χ0n) is 4.83. The lowest BCUT2D eigenvalue weighted by atomic mass is 10.5. The molecule has 0 radical (unpaired) electrons. The Morgan fingerprint density at radius 2 is 2.40 bits per heavy atom. The second-order valence-corrected chi connectivity index (χ2v) is 1.57. The molecule has 0 aliphatic rings. The molecule has 0 atom stereocenters. The Balaban J connectivity index is 2.91. The number of hydrogen-bond donors (Lipinski definition) is 0. The molecule has 0 fully saturated rings. The summed E-state index contributed by atoms with van der Waals surface area (Å²) in [4.78, 5) is 0. The number of hydrogen-bond acceptors (Lipinski definition) is 2. The fourth-order valence-corrected chi connectivity index (χ4v) is 0.506. The first-order chi connectivity index (χ1) is 4.74. The summed E-state index contributed by atoms with van der Waals surface area (Å²) in [5, 5.41) is 11.4. The van der Waals surface area contributed by atoms with Crippen LogP contribution in [0, 0.1) is 11.3 Å². The van der Waals surface area contributed by atoms with E-state index in [9.17, 15) is 8.78 Å². The summed E-state index contributed by atoms with van der Waals surface area (Å²) < 4.78 is 23.8. The SMILES string of the molecule is N#Cc1ccn(C(F)F)n1. The highest BCUT2D eigenvalue weighted by molar-refractivity contribution is 5.16. The summed E-state index contributed by atoms with van der Waals surface area (Å²) in [5.41, 5.74) is 0.000278. The third-order valence-electron chi connectivity index (χ3n) is 0.923. The summed E-state index contributed by atoms with van der Waals surface area (Å²) in [6.45, 7) is -2.66. The van der Waals surface area contributed by atoms with Crippen molar-refractivity contribution in [3.63, 3.8) is 0 Å². The number of aromatic nitrogens is 2. The molecule has 52 valence electrons. The van der Waals surface area contributed by atoms with Gasteiger partial charge in [-0.2, -0.15) is 19.1 Å². The molecule has 0 saturated heterocycles.